The highest BCUT2D eigenvalue weighted by molar-refractivity contribution is 6.06. The van der Waals surface area contributed by atoms with E-state index in [0.717, 1.165) is 39.1 Å². The van der Waals surface area contributed by atoms with E-state index in [1.165, 1.54) is 12.4 Å². The lowest BCUT2D eigenvalue weighted by atomic mass is 9.98. The predicted octanol–water partition coefficient (Wildman–Crippen LogP) is 1.81. The normalized spacial score (nSPS) is 15.9. The molecule has 5 heterocycles. The number of nitrogens with one attached hydrogen (secondary N) is 1. The first-order valence-electron chi connectivity index (χ1n) is 9.11. The zero-order valence-corrected chi connectivity index (χ0v) is 15.7. The number of nitrogens with two attached hydrogens (primary N) is 1. The second-order valence-electron chi connectivity index (χ2n) is 6.93. The van der Waals surface area contributed by atoms with Gasteiger partial charge >= 0.3 is 0 Å². The lowest BCUT2D eigenvalue weighted by Gasteiger charge is -2.24. The molecule has 0 spiro atoms. The molecule has 29 heavy (non-hydrogen) atoms. The number of carbonyl (C=O) groups excluding carboxylic acids is 1. The van der Waals surface area contributed by atoms with Gasteiger partial charge in [-0.05, 0) is 24.6 Å². The monoisotopic (exact) mass is 386 g/mol. The summed E-state index contributed by atoms with van der Waals surface area (Å²) in [5.41, 5.74) is 11.5. The molecule has 0 saturated heterocycles. The Bertz CT molecular complexity index is 1330. The second-order valence-corrected chi connectivity index (χ2v) is 6.93. The van der Waals surface area contributed by atoms with Gasteiger partial charge in [-0.25, -0.2) is 19.5 Å². The number of anilines is 1. The van der Waals surface area contributed by atoms with Crippen LogP contribution in [0.25, 0.3) is 33.4 Å². The van der Waals surface area contributed by atoms with Crippen LogP contribution in [-0.2, 0) is 11.3 Å². The number of hydrogen-bond donors (Lipinski definition) is 2. The van der Waals surface area contributed by atoms with Gasteiger partial charge in [0.15, 0.2) is 5.65 Å². The number of amides is 1. The molecule has 1 amide bonds. The molecule has 144 valence electrons. The van der Waals surface area contributed by atoms with Gasteiger partial charge in [0.25, 0.3) is 0 Å². The average molecular weight is 386 g/mol. The number of carbonyl (C=O) groups is 1. The first-order chi connectivity index (χ1) is 14.1. The van der Waals surface area contributed by atoms with Crippen LogP contribution in [0.3, 0.4) is 0 Å². The van der Waals surface area contributed by atoms with Crippen molar-refractivity contribution < 1.29 is 4.79 Å². The highest BCUT2D eigenvalue weighted by Gasteiger charge is 2.28. The largest absolute Gasteiger partial charge is 0.383 e. The van der Waals surface area contributed by atoms with E-state index in [-0.39, 0.29) is 11.9 Å². The molecule has 0 unspecified atom stereocenters. The molecule has 0 aliphatic carbocycles. The summed E-state index contributed by atoms with van der Waals surface area (Å²) in [5, 5.41) is 8.15. The lowest BCUT2D eigenvalue weighted by molar-refractivity contribution is -0.116. The Kier molecular flexibility index (Phi) is 3.70. The maximum atomic E-state index is 11.8. The van der Waals surface area contributed by atoms with Crippen molar-refractivity contribution >= 4 is 34.0 Å². The molecule has 0 radical (unpaired) electrons. The molecular weight excluding hydrogens is 368 g/mol. The molecule has 0 aromatic carbocycles. The van der Waals surface area contributed by atoms with Crippen LogP contribution in [0, 0.1) is 0 Å². The van der Waals surface area contributed by atoms with Crippen molar-refractivity contribution in [3.05, 3.63) is 55.4 Å². The molecule has 0 fully saturated rings. The second kappa shape index (κ2) is 6.26. The van der Waals surface area contributed by atoms with Crippen molar-refractivity contribution in [1.82, 2.24) is 34.4 Å². The van der Waals surface area contributed by atoms with Crippen LogP contribution >= 0.6 is 0 Å². The zero-order valence-electron chi connectivity index (χ0n) is 15.7. The number of allylic oxidation sites excluding steroid dienone is 1. The number of hydrogen-bond acceptors (Lipinski definition) is 6. The average Bonchev–Trinajstić information content (AvgIpc) is 3.31. The SMILES string of the molecule is C=CC(=O)N[C@H]1C=C(C)c2c(-c3cnn4ccnc4c3)c3c(N)ncnc3n2C1. The number of nitrogens with zero attached hydrogens (tertiary/aromatic N) is 6. The van der Waals surface area contributed by atoms with Crippen LogP contribution in [0.5, 0.6) is 0 Å². The minimum Gasteiger partial charge on any atom is -0.383 e. The molecule has 9 heteroatoms. The first kappa shape index (κ1) is 17.1. The number of aromatic nitrogens is 6. The van der Waals surface area contributed by atoms with Crippen molar-refractivity contribution in [2.45, 2.75) is 19.5 Å². The van der Waals surface area contributed by atoms with Gasteiger partial charge in [0, 0.05) is 30.1 Å². The summed E-state index contributed by atoms with van der Waals surface area (Å²) in [7, 11) is 0. The van der Waals surface area contributed by atoms with E-state index in [1.807, 2.05) is 19.1 Å². The molecule has 5 rings (SSSR count). The maximum absolute atomic E-state index is 11.8. The minimum absolute atomic E-state index is 0.180. The summed E-state index contributed by atoms with van der Waals surface area (Å²) in [5.74, 6) is 0.178. The molecule has 3 N–H and O–H groups in total. The van der Waals surface area contributed by atoms with E-state index in [9.17, 15) is 4.79 Å². The van der Waals surface area contributed by atoms with E-state index < -0.39 is 0 Å². The highest BCUT2D eigenvalue weighted by atomic mass is 16.1. The molecular formula is C20H18N8O. The van der Waals surface area contributed by atoms with Gasteiger partial charge < -0.3 is 15.6 Å². The van der Waals surface area contributed by atoms with Crippen molar-refractivity contribution in [3.8, 4) is 11.1 Å². The summed E-state index contributed by atoms with van der Waals surface area (Å²) in [6, 6.07) is 1.79. The Morgan fingerprint density at radius 1 is 1.38 bits per heavy atom. The van der Waals surface area contributed by atoms with Gasteiger partial charge in [-0.15, -0.1) is 0 Å². The third-order valence-electron chi connectivity index (χ3n) is 5.13. The Labute approximate surface area is 165 Å². The zero-order chi connectivity index (χ0) is 20.1. The minimum atomic E-state index is -0.220. The van der Waals surface area contributed by atoms with Crippen LogP contribution in [0.15, 0.2) is 49.7 Å². The van der Waals surface area contributed by atoms with Gasteiger partial charge in [0.1, 0.15) is 17.8 Å². The molecule has 1 atom stereocenters. The molecule has 0 saturated carbocycles. The fourth-order valence-electron chi connectivity index (χ4n) is 3.97. The standard InChI is InChI=1S/C20H18N8O/c1-3-15(29)26-13-6-11(2)18-16(12-7-14-22-4-5-28(14)25-8-12)17-19(21)23-10-24-20(17)27(18)9-13/h3-8,10,13H,1,9H2,2H3,(H,26,29)(H2,21,23,24)/t13-/m0/s1. The molecule has 0 bridgehead atoms. The van der Waals surface area contributed by atoms with Crippen molar-refractivity contribution in [3.63, 3.8) is 0 Å². The smallest absolute Gasteiger partial charge is 0.243 e. The van der Waals surface area contributed by atoms with Crippen molar-refractivity contribution in [1.29, 1.82) is 0 Å². The highest BCUT2D eigenvalue weighted by Crippen LogP contribution is 2.41. The quantitative estimate of drug-likeness (QED) is 0.519. The third kappa shape index (κ3) is 2.59. The van der Waals surface area contributed by atoms with E-state index in [2.05, 4.69) is 36.5 Å². The van der Waals surface area contributed by atoms with Gasteiger partial charge in [-0.1, -0.05) is 12.7 Å². The topological polar surface area (TPSA) is 116 Å². The van der Waals surface area contributed by atoms with Crippen LogP contribution in [0.2, 0.25) is 0 Å². The lowest BCUT2D eigenvalue weighted by Crippen LogP contribution is -2.37. The Hall–Kier alpha value is -4.01. The van der Waals surface area contributed by atoms with E-state index in [0.29, 0.717) is 12.4 Å². The van der Waals surface area contributed by atoms with Gasteiger partial charge in [-0.2, -0.15) is 5.10 Å². The number of nitrogen functional groups attached to an aromatic ring is 1. The Morgan fingerprint density at radius 3 is 3.07 bits per heavy atom. The summed E-state index contributed by atoms with van der Waals surface area (Å²) >= 11 is 0. The van der Waals surface area contributed by atoms with Crippen LogP contribution in [0.1, 0.15) is 12.6 Å². The van der Waals surface area contributed by atoms with Crippen molar-refractivity contribution in [2.75, 3.05) is 5.73 Å². The summed E-state index contributed by atoms with van der Waals surface area (Å²) in [6.45, 7) is 6.06. The summed E-state index contributed by atoms with van der Waals surface area (Å²) in [4.78, 5) is 24.8. The van der Waals surface area contributed by atoms with Crippen LogP contribution in [0.4, 0.5) is 5.82 Å². The Morgan fingerprint density at radius 2 is 2.24 bits per heavy atom. The van der Waals surface area contributed by atoms with E-state index in [4.69, 9.17) is 5.73 Å². The van der Waals surface area contributed by atoms with Crippen LogP contribution < -0.4 is 11.1 Å². The number of fused-ring (bicyclic) bond motifs is 4. The molecule has 4 aromatic heterocycles. The molecule has 1 aliphatic heterocycles. The summed E-state index contributed by atoms with van der Waals surface area (Å²) in [6.07, 6.45) is 10.0. The summed E-state index contributed by atoms with van der Waals surface area (Å²) < 4.78 is 3.78. The molecule has 9 nitrogen and oxygen atoms in total. The van der Waals surface area contributed by atoms with Crippen LogP contribution in [-0.4, -0.2) is 41.1 Å². The first-order valence-corrected chi connectivity index (χ1v) is 9.11. The maximum Gasteiger partial charge on any atom is 0.243 e. The predicted molar refractivity (Wildman–Crippen MR) is 110 cm³/mol. The number of imidazole rings is 1. The van der Waals surface area contributed by atoms with Gasteiger partial charge in [0.05, 0.1) is 23.3 Å². The third-order valence-corrected chi connectivity index (χ3v) is 5.13. The fraction of sp³-hybridized carbons (Fsp3) is 0.150. The number of rotatable bonds is 3. The Balaban J connectivity index is 1.77. The fourth-order valence-corrected chi connectivity index (χ4v) is 3.97. The van der Waals surface area contributed by atoms with Gasteiger partial charge in [-0.3, -0.25) is 4.79 Å². The molecule has 1 aliphatic rings. The van der Waals surface area contributed by atoms with E-state index in [1.54, 1.807) is 23.1 Å². The van der Waals surface area contributed by atoms with Crippen molar-refractivity contribution in [2.24, 2.45) is 0 Å². The van der Waals surface area contributed by atoms with Gasteiger partial charge in [0.2, 0.25) is 5.91 Å². The van der Waals surface area contributed by atoms with E-state index >= 15 is 0 Å². The molecule has 4 aromatic rings.